The molecule has 22 nitrogen and oxygen atoms in total. The van der Waals surface area contributed by atoms with Crippen molar-refractivity contribution in [2.45, 2.75) is 124 Å². The van der Waals surface area contributed by atoms with E-state index in [0.717, 1.165) is 97.4 Å². The molecule has 7 aromatic rings. The molecule has 514 valence electrons. The van der Waals surface area contributed by atoms with Gasteiger partial charge in [-0.1, -0.05) is 150 Å². The van der Waals surface area contributed by atoms with Crippen LogP contribution in [0.4, 0.5) is 5.69 Å². The second-order valence-electron chi connectivity index (χ2n) is 23.0. The summed E-state index contributed by atoms with van der Waals surface area (Å²) in [7, 11) is -5.70. The average Bonchev–Trinajstić information content (AvgIpc) is 1.73. The fourth-order valence-corrected chi connectivity index (χ4v) is 11.8. The van der Waals surface area contributed by atoms with E-state index in [1.807, 2.05) is 128 Å². The van der Waals surface area contributed by atoms with Crippen LogP contribution in [0.2, 0.25) is 0 Å². The number of aliphatic hydroxyl groups excluding tert-OH is 3. The summed E-state index contributed by atoms with van der Waals surface area (Å²) >= 11 is 0. The van der Waals surface area contributed by atoms with Gasteiger partial charge < -0.3 is 109 Å². The zero-order valence-corrected chi connectivity index (χ0v) is 54.8. The van der Waals surface area contributed by atoms with Gasteiger partial charge in [0.25, 0.3) is 0 Å². The molecule has 0 saturated carbocycles. The van der Waals surface area contributed by atoms with Crippen LogP contribution in [0.1, 0.15) is 150 Å². The lowest BCUT2D eigenvalue weighted by molar-refractivity contribution is 0.186. The number of nitrogen functional groups attached to an aromatic ring is 1. The van der Waals surface area contributed by atoms with Gasteiger partial charge >= 0.3 is 49.8 Å². The largest absolute Gasteiger partial charge is 0.495 e. The number of ether oxygens (including phenoxy) is 3. The van der Waals surface area contributed by atoms with Gasteiger partial charge in [0, 0.05) is 67.7 Å². The number of hydrogen-bond donors (Lipinski definition) is 12. The molecule has 7 aliphatic heterocycles. The number of hydrogen-bond acceptors (Lipinski definition) is 22. The number of benzene rings is 7. The van der Waals surface area contributed by atoms with Crippen LogP contribution in [0.3, 0.4) is 0 Å². The molecule has 7 heterocycles. The SMILES string of the molecule is C.CCC1OB(O)c2ccccc21.CC[C@@H]1OB(O)c2ccccc21.CC[C@H]1OB(O)c2c(OCCCO)cccc21.CC[C@H]1OB(O)c2ccccc21.NCC1OB(O)c2c(OCCCO)cccc21.Nc1ccc2c(c1)B(O)OC2.OCCCOc1cccc2c1B(O)OC2. The molecule has 14 N–H and O–H groups in total. The molecule has 0 spiro atoms. The summed E-state index contributed by atoms with van der Waals surface area (Å²) < 4.78 is 53.4. The van der Waals surface area contributed by atoms with Crippen LogP contribution in [-0.2, 0) is 45.8 Å². The highest BCUT2D eigenvalue weighted by atomic mass is 16.6. The lowest BCUT2D eigenvalue weighted by Gasteiger charge is -2.11. The first-order chi connectivity index (χ1) is 46.6. The highest BCUT2D eigenvalue weighted by molar-refractivity contribution is 6.65. The predicted molar refractivity (Wildman–Crippen MR) is 380 cm³/mol. The van der Waals surface area contributed by atoms with Crippen molar-refractivity contribution in [3.8, 4) is 17.2 Å². The summed E-state index contributed by atoms with van der Waals surface area (Å²) in [4.78, 5) is 0. The van der Waals surface area contributed by atoms with Gasteiger partial charge in [0.05, 0.1) is 63.6 Å². The fourth-order valence-electron chi connectivity index (χ4n) is 11.8. The zero-order valence-electron chi connectivity index (χ0n) is 54.8. The number of rotatable bonds is 17. The highest BCUT2D eigenvalue weighted by Crippen LogP contribution is 2.32. The molecule has 7 aliphatic rings. The number of nitrogens with two attached hydrogens (primary N) is 2. The van der Waals surface area contributed by atoms with Crippen LogP contribution in [0.15, 0.2) is 146 Å². The standard InChI is InChI=1S/C12H17BO4.C11H16BNO4.C10H13BO4.3C9H11BO2.C7H8BNO2.CH4/c1-2-10-9-5-3-6-11(16-8-4-7-14)12(9)13(15)17-10;13-7-10-8-3-1-4-9(16-6-2-5-14)11(8)12(15)17-10;12-5-2-6-14-9-4-1-3-8-7-15-11(13)10(8)9;3*1-2-9-7-5-3-4-6-8(7)10(11)12-9;9-6-2-1-5-4-11-8(10)7(5)3-6;/h3,5-6,10,14-15H,2,4,7-8H2,1H3;1,3-4,10,14-15H,2,5-7,13H2;1,3-4,12-13H,2,5-7H2;3*3-6,9,11H,2H2,1H3;1-3,10H,4,9H2;1H4/t10-;;;2*9-;;;/m1..10.../s1. The molecule has 0 saturated heterocycles. The minimum atomic E-state index is -0.983. The van der Waals surface area contributed by atoms with E-state index in [9.17, 15) is 35.2 Å². The molecular weight excluding hydrogens is 1240 g/mol. The van der Waals surface area contributed by atoms with Crippen molar-refractivity contribution in [1.29, 1.82) is 0 Å². The van der Waals surface area contributed by atoms with Gasteiger partial charge in [-0.2, -0.15) is 0 Å². The van der Waals surface area contributed by atoms with Crippen LogP contribution < -0.4 is 63.9 Å². The molecule has 2 unspecified atom stereocenters. The maximum absolute atomic E-state index is 9.87. The Balaban J connectivity index is 0.000000160. The smallest absolute Gasteiger partial charge is 0.494 e. The number of fused-ring (bicyclic) bond motifs is 7. The fraction of sp³-hybridized carbons (Fsp3) is 0.382. The maximum atomic E-state index is 9.87. The topological polar surface area (TPSA) is 347 Å². The van der Waals surface area contributed by atoms with Crippen LogP contribution in [0.5, 0.6) is 17.2 Å². The Morgan fingerprint density at radius 2 is 0.732 bits per heavy atom. The molecule has 14 rings (SSSR count). The van der Waals surface area contributed by atoms with E-state index in [1.54, 1.807) is 24.3 Å². The second kappa shape index (κ2) is 39.3. The summed E-state index contributed by atoms with van der Waals surface area (Å²) in [6.45, 7) is 11.0. The molecule has 7 aromatic carbocycles. The Morgan fingerprint density at radius 3 is 1.15 bits per heavy atom. The zero-order chi connectivity index (χ0) is 68.7. The first-order valence-corrected chi connectivity index (χ1v) is 32.8. The van der Waals surface area contributed by atoms with Gasteiger partial charge in [-0.25, -0.2) is 0 Å². The minimum Gasteiger partial charge on any atom is -0.494 e. The Labute approximate surface area is 571 Å². The summed E-state index contributed by atoms with van der Waals surface area (Å²) in [5.41, 5.74) is 24.7. The van der Waals surface area contributed by atoms with Crippen molar-refractivity contribution in [3.63, 3.8) is 0 Å². The molecule has 29 heteroatoms. The second-order valence-corrected chi connectivity index (χ2v) is 23.0. The normalized spacial score (nSPS) is 18.2. The average molecular weight is 1330 g/mol. The van der Waals surface area contributed by atoms with Crippen LogP contribution in [0, 0.1) is 0 Å². The van der Waals surface area contributed by atoms with E-state index in [-0.39, 0.29) is 57.8 Å². The van der Waals surface area contributed by atoms with Crippen LogP contribution in [-0.4, -0.2) is 147 Å². The molecule has 0 amide bonds. The summed E-state index contributed by atoms with van der Waals surface area (Å²) in [5.74, 6) is 1.89. The lowest BCUT2D eigenvalue weighted by Crippen LogP contribution is -2.30. The van der Waals surface area contributed by atoms with Crippen molar-refractivity contribution in [1.82, 2.24) is 0 Å². The van der Waals surface area contributed by atoms with E-state index in [2.05, 4.69) is 20.8 Å². The van der Waals surface area contributed by atoms with Crippen LogP contribution in [0.25, 0.3) is 0 Å². The first-order valence-electron chi connectivity index (χ1n) is 32.8. The van der Waals surface area contributed by atoms with Crippen molar-refractivity contribution in [2.75, 3.05) is 51.9 Å². The van der Waals surface area contributed by atoms with Gasteiger partial charge in [0.1, 0.15) is 17.2 Å². The Hall–Kier alpha value is -6.53. The van der Waals surface area contributed by atoms with E-state index >= 15 is 0 Å². The van der Waals surface area contributed by atoms with Crippen molar-refractivity contribution < 1.29 is 97.3 Å². The van der Waals surface area contributed by atoms with E-state index in [0.29, 0.717) is 87.2 Å². The Morgan fingerprint density at radius 1 is 0.381 bits per heavy atom. The van der Waals surface area contributed by atoms with Crippen molar-refractivity contribution in [2.24, 2.45) is 5.73 Å². The molecule has 0 fully saturated rings. The third-order valence-corrected chi connectivity index (χ3v) is 16.7. The molecule has 0 aliphatic carbocycles. The van der Waals surface area contributed by atoms with Gasteiger partial charge in [0.2, 0.25) is 0 Å². The summed E-state index contributed by atoms with van der Waals surface area (Å²) in [6.07, 6.45) is 5.19. The quantitative estimate of drug-likeness (QED) is 0.0353. The van der Waals surface area contributed by atoms with Gasteiger partial charge in [-0.3, -0.25) is 0 Å². The first kappa shape index (κ1) is 77.8. The minimum absolute atomic E-state index is 0. The predicted octanol–water partition coefficient (Wildman–Crippen LogP) is 2.14. The molecule has 0 bridgehead atoms. The van der Waals surface area contributed by atoms with Crippen LogP contribution >= 0.6 is 0 Å². The third kappa shape index (κ3) is 20.1. The monoisotopic (exact) mass is 1330 g/mol. The molecular formula is C68H91B7N2O20. The van der Waals surface area contributed by atoms with E-state index in [4.69, 9.17) is 73.6 Å². The Kier molecular flexibility index (Phi) is 31.5. The van der Waals surface area contributed by atoms with Crippen molar-refractivity contribution in [3.05, 3.63) is 185 Å². The highest BCUT2D eigenvalue weighted by Gasteiger charge is 2.40. The lowest BCUT2D eigenvalue weighted by atomic mass is 9.78. The number of aliphatic hydroxyl groups is 3. The summed E-state index contributed by atoms with van der Waals surface area (Å²) in [6, 6.07) is 45.6. The van der Waals surface area contributed by atoms with Gasteiger partial charge in [-0.15, -0.1) is 0 Å². The molecule has 0 radical (unpaired) electrons. The maximum Gasteiger partial charge on any atom is 0.495 e. The van der Waals surface area contributed by atoms with E-state index < -0.39 is 49.8 Å². The molecule has 5 atom stereocenters. The molecule has 97 heavy (non-hydrogen) atoms. The number of anilines is 1. The van der Waals surface area contributed by atoms with E-state index in [1.165, 1.54) is 0 Å². The Bertz CT molecular complexity index is 3320. The van der Waals surface area contributed by atoms with Crippen molar-refractivity contribution >= 4 is 93.8 Å². The molecule has 0 aromatic heterocycles. The summed E-state index contributed by atoms with van der Waals surface area (Å²) in [5, 5.41) is 92.9. The van der Waals surface area contributed by atoms with Gasteiger partial charge in [-0.05, 0) is 117 Å². The van der Waals surface area contributed by atoms with Gasteiger partial charge in [0.15, 0.2) is 0 Å². The third-order valence-electron chi connectivity index (χ3n) is 16.7.